The molecule has 1 aromatic rings. The van der Waals surface area contributed by atoms with Crippen molar-refractivity contribution in [3.8, 4) is 5.75 Å². The van der Waals surface area contributed by atoms with Crippen LogP contribution in [0.4, 0.5) is 5.82 Å². The standard InChI is InChI=1S/C12H19ClN2O/c1-9(2)16-11-6-5-7-14-12(11)15(4)10(3)8-13/h5-7,9-10H,8H2,1-4H3. The zero-order valence-electron chi connectivity index (χ0n) is 10.3. The van der Waals surface area contributed by atoms with Crippen molar-refractivity contribution < 1.29 is 4.74 Å². The van der Waals surface area contributed by atoms with Gasteiger partial charge in [0.2, 0.25) is 0 Å². The Morgan fingerprint density at radius 3 is 2.69 bits per heavy atom. The third kappa shape index (κ3) is 3.27. The Balaban J connectivity index is 2.93. The van der Waals surface area contributed by atoms with Crippen LogP contribution in [0.5, 0.6) is 5.75 Å². The first-order chi connectivity index (χ1) is 7.56. The van der Waals surface area contributed by atoms with Crippen molar-refractivity contribution in [3.63, 3.8) is 0 Å². The van der Waals surface area contributed by atoms with Gasteiger partial charge in [-0.15, -0.1) is 11.6 Å². The zero-order valence-corrected chi connectivity index (χ0v) is 11.0. The van der Waals surface area contributed by atoms with Crippen LogP contribution in [-0.4, -0.2) is 30.1 Å². The van der Waals surface area contributed by atoms with E-state index < -0.39 is 0 Å². The monoisotopic (exact) mass is 242 g/mol. The van der Waals surface area contributed by atoms with Gasteiger partial charge in [-0.25, -0.2) is 4.98 Å². The van der Waals surface area contributed by atoms with E-state index in [4.69, 9.17) is 16.3 Å². The number of pyridine rings is 1. The number of ether oxygens (including phenoxy) is 1. The lowest BCUT2D eigenvalue weighted by atomic mass is 10.3. The van der Waals surface area contributed by atoms with E-state index in [1.165, 1.54) is 0 Å². The first kappa shape index (κ1) is 13.1. The number of hydrogen-bond donors (Lipinski definition) is 0. The minimum Gasteiger partial charge on any atom is -0.487 e. The van der Waals surface area contributed by atoms with E-state index in [1.807, 2.05) is 37.9 Å². The molecule has 0 saturated heterocycles. The van der Waals surface area contributed by atoms with E-state index in [0.717, 1.165) is 11.6 Å². The number of alkyl halides is 1. The second-order valence-electron chi connectivity index (χ2n) is 4.11. The van der Waals surface area contributed by atoms with E-state index >= 15 is 0 Å². The van der Waals surface area contributed by atoms with Crippen LogP contribution in [-0.2, 0) is 0 Å². The van der Waals surface area contributed by atoms with Gasteiger partial charge in [-0.1, -0.05) is 0 Å². The Hall–Kier alpha value is -0.960. The highest BCUT2D eigenvalue weighted by Crippen LogP contribution is 2.26. The second kappa shape index (κ2) is 5.94. The van der Waals surface area contributed by atoms with Crippen LogP contribution >= 0.6 is 11.6 Å². The predicted molar refractivity (Wildman–Crippen MR) is 68.6 cm³/mol. The molecule has 4 heteroatoms. The molecule has 0 aliphatic heterocycles. The maximum atomic E-state index is 5.84. The largest absolute Gasteiger partial charge is 0.487 e. The van der Waals surface area contributed by atoms with Crippen LogP contribution in [0.1, 0.15) is 20.8 Å². The first-order valence-corrected chi connectivity index (χ1v) is 6.00. The van der Waals surface area contributed by atoms with Crippen LogP contribution in [0, 0.1) is 0 Å². The summed E-state index contributed by atoms with van der Waals surface area (Å²) < 4.78 is 5.71. The molecule has 0 bridgehead atoms. The van der Waals surface area contributed by atoms with Gasteiger partial charge in [-0.2, -0.15) is 0 Å². The summed E-state index contributed by atoms with van der Waals surface area (Å²) in [6.45, 7) is 6.06. The third-order valence-electron chi connectivity index (χ3n) is 2.33. The molecular weight excluding hydrogens is 224 g/mol. The number of nitrogens with zero attached hydrogens (tertiary/aromatic N) is 2. The van der Waals surface area contributed by atoms with Gasteiger partial charge in [0, 0.05) is 25.2 Å². The fourth-order valence-corrected chi connectivity index (χ4v) is 1.51. The van der Waals surface area contributed by atoms with Crippen molar-refractivity contribution in [3.05, 3.63) is 18.3 Å². The molecule has 16 heavy (non-hydrogen) atoms. The molecule has 0 amide bonds. The highest BCUT2D eigenvalue weighted by molar-refractivity contribution is 6.18. The minimum absolute atomic E-state index is 0.141. The second-order valence-corrected chi connectivity index (χ2v) is 4.41. The van der Waals surface area contributed by atoms with Crippen molar-refractivity contribution in [2.24, 2.45) is 0 Å². The molecule has 0 aromatic carbocycles. The van der Waals surface area contributed by atoms with Gasteiger partial charge >= 0.3 is 0 Å². The highest BCUT2D eigenvalue weighted by atomic mass is 35.5. The molecule has 1 unspecified atom stereocenters. The van der Waals surface area contributed by atoms with Crippen molar-refractivity contribution in [1.82, 2.24) is 4.98 Å². The van der Waals surface area contributed by atoms with Crippen molar-refractivity contribution in [1.29, 1.82) is 0 Å². The summed E-state index contributed by atoms with van der Waals surface area (Å²) in [7, 11) is 1.97. The van der Waals surface area contributed by atoms with E-state index in [2.05, 4.69) is 11.9 Å². The Kier molecular flexibility index (Phi) is 4.87. The molecule has 90 valence electrons. The lowest BCUT2D eigenvalue weighted by molar-refractivity contribution is 0.242. The molecular formula is C12H19ClN2O. The Morgan fingerprint density at radius 2 is 2.12 bits per heavy atom. The maximum Gasteiger partial charge on any atom is 0.171 e. The average Bonchev–Trinajstić information content (AvgIpc) is 2.27. The van der Waals surface area contributed by atoms with Gasteiger partial charge in [0.05, 0.1) is 6.10 Å². The molecule has 0 saturated carbocycles. The molecule has 0 aliphatic carbocycles. The third-order valence-corrected chi connectivity index (χ3v) is 2.78. The molecule has 0 aliphatic rings. The van der Waals surface area contributed by atoms with Crippen molar-refractivity contribution >= 4 is 17.4 Å². The molecule has 0 N–H and O–H groups in total. The lowest BCUT2D eigenvalue weighted by Gasteiger charge is -2.26. The van der Waals surface area contributed by atoms with E-state index in [-0.39, 0.29) is 12.1 Å². The summed E-state index contributed by atoms with van der Waals surface area (Å²) in [4.78, 5) is 6.38. The Morgan fingerprint density at radius 1 is 1.44 bits per heavy atom. The van der Waals surface area contributed by atoms with Crippen LogP contribution in [0.3, 0.4) is 0 Å². The van der Waals surface area contributed by atoms with Gasteiger partial charge in [-0.05, 0) is 32.9 Å². The summed E-state index contributed by atoms with van der Waals surface area (Å²) in [5.41, 5.74) is 0. The highest BCUT2D eigenvalue weighted by Gasteiger charge is 2.15. The molecule has 1 rings (SSSR count). The van der Waals surface area contributed by atoms with Gasteiger partial charge < -0.3 is 9.64 Å². The van der Waals surface area contributed by atoms with Gasteiger partial charge in [0.1, 0.15) is 0 Å². The van der Waals surface area contributed by atoms with Crippen molar-refractivity contribution in [2.75, 3.05) is 17.8 Å². The minimum atomic E-state index is 0.141. The van der Waals surface area contributed by atoms with E-state index in [0.29, 0.717) is 5.88 Å². The van der Waals surface area contributed by atoms with Gasteiger partial charge in [0.15, 0.2) is 11.6 Å². The summed E-state index contributed by atoms with van der Waals surface area (Å²) in [5.74, 6) is 2.20. The number of halogens is 1. The first-order valence-electron chi connectivity index (χ1n) is 5.46. The van der Waals surface area contributed by atoms with Crippen LogP contribution in [0.2, 0.25) is 0 Å². The number of hydrogen-bond acceptors (Lipinski definition) is 3. The SMILES string of the molecule is CC(C)Oc1cccnc1N(C)C(C)CCl. The fraction of sp³-hybridized carbons (Fsp3) is 0.583. The smallest absolute Gasteiger partial charge is 0.171 e. The van der Waals surface area contributed by atoms with Crippen molar-refractivity contribution in [2.45, 2.75) is 32.9 Å². The molecule has 1 heterocycles. The van der Waals surface area contributed by atoms with Crippen LogP contribution < -0.4 is 9.64 Å². The summed E-state index contributed by atoms with van der Waals surface area (Å²) >= 11 is 5.84. The molecule has 0 radical (unpaired) electrons. The number of anilines is 1. The van der Waals surface area contributed by atoms with Gasteiger partial charge in [-0.3, -0.25) is 0 Å². The zero-order chi connectivity index (χ0) is 12.1. The molecule has 1 atom stereocenters. The quantitative estimate of drug-likeness (QED) is 0.743. The van der Waals surface area contributed by atoms with Crippen LogP contribution in [0.15, 0.2) is 18.3 Å². The summed E-state index contributed by atoms with van der Waals surface area (Å²) in [6.07, 6.45) is 1.91. The lowest BCUT2D eigenvalue weighted by Crippen LogP contribution is -2.31. The number of aromatic nitrogens is 1. The Labute approximate surface area is 102 Å². The van der Waals surface area contributed by atoms with Crippen LogP contribution in [0.25, 0.3) is 0 Å². The average molecular weight is 243 g/mol. The van der Waals surface area contributed by atoms with Gasteiger partial charge in [0.25, 0.3) is 0 Å². The molecule has 1 aromatic heterocycles. The predicted octanol–water partition coefficient (Wildman–Crippen LogP) is 2.93. The molecule has 0 fully saturated rings. The normalized spacial score (nSPS) is 12.6. The summed E-state index contributed by atoms with van der Waals surface area (Å²) in [6, 6.07) is 4.03. The number of rotatable bonds is 5. The van der Waals surface area contributed by atoms with E-state index in [1.54, 1.807) is 6.20 Å². The Bertz CT molecular complexity index is 331. The summed E-state index contributed by atoms with van der Waals surface area (Å²) in [5, 5.41) is 0. The fourth-order valence-electron chi connectivity index (χ4n) is 1.31. The van der Waals surface area contributed by atoms with E-state index in [9.17, 15) is 0 Å². The molecule has 3 nitrogen and oxygen atoms in total. The molecule has 0 spiro atoms. The maximum absolute atomic E-state index is 5.84. The topological polar surface area (TPSA) is 25.4 Å².